The summed E-state index contributed by atoms with van der Waals surface area (Å²) in [6.45, 7) is 1.40. The Balaban J connectivity index is 1.94. The molecule has 1 aliphatic heterocycles. The van der Waals surface area contributed by atoms with Gasteiger partial charge in [-0.2, -0.15) is 13.2 Å². The number of alkyl halides is 3. The molecular formula is C15H14ClF3N2O2. The van der Waals surface area contributed by atoms with Crippen molar-refractivity contribution in [3.63, 3.8) is 0 Å². The number of hydrogen-bond donors (Lipinski definition) is 1. The van der Waals surface area contributed by atoms with Gasteiger partial charge in [0, 0.05) is 17.5 Å². The zero-order chi connectivity index (χ0) is 16.4. The molecule has 1 aromatic heterocycles. The van der Waals surface area contributed by atoms with E-state index in [1.165, 1.54) is 24.6 Å². The summed E-state index contributed by atoms with van der Waals surface area (Å²) in [6, 6.07) is 3.45. The minimum Gasteiger partial charge on any atom is -0.480 e. The monoisotopic (exact) mass is 346 g/mol. The van der Waals surface area contributed by atoms with Crippen molar-refractivity contribution in [2.45, 2.75) is 18.7 Å². The van der Waals surface area contributed by atoms with Crippen molar-refractivity contribution in [2.75, 3.05) is 13.1 Å². The molecule has 23 heavy (non-hydrogen) atoms. The number of nitrogens with zero attached hydrogens (tertiary/aromatic N) is 1. The molecule has 1 N–H and O–H groups in total. The number of halogens is 4. The maximum atomic E-state index is 13.2. The van der Waals surface area contributed by atoms with Crippen LogP contribution in [0, 0.1) is 5.92 Å². The van der Waals surface area contributed by atoms with E-state index in [0.29, 0.717) is 6.54 Å². The number of ether oxygens (including phenoxy) is 1. The number of rotatable bonds is 4. The van der Waals surface area contributed by atoms with Crippen molar-refractivity contribution in [1.29, 1.82) is 0 Å². The summed E-state index contributed by atoms with van der Waals surface area (Å²) >= 11 is 5.69. The third-order valence-electron chi connectivity index (χ3n) is 3.72. The molecular weight excluding hydrogens is 333 g/mol. The number of oxazole rings is 1. The number of hydrogen-bond acceptors (Lipinski definition) is 4. The van der Waals surface area contributed by atoms with Crippen molar-refractivity contribution in [3.05, 3.63) is 47.1 Å². The van der Waals surface area contributed by atoms with Gasteiger partial charge in [-0.25, -0.2) is 4.98 Å². The van der Waals surface area contributed by atoms with Crippen LogP contribution in [0.2, 0.25) is 5.02 Å². The molecule has 2 heterocycles. The van der Waals surface area contributed by atoms with Crippen LogP contribution >= 0.6 is 11.6 Å². The lowest BCUT2D eigenvalue weighted by Crippen LogP contribution is -2.23. The number of aromatic nitrogens is 1. The van der Waals surface area contributed by atoms with Gasteiger partial charge in [0.15, 0.2) is 6.10 Å². The number of benzene rings is 1. The van der Waals surface area contributed by atoms with Gasteiger partial charge in [-0.15, -0.1) is 0 Å². The molecule has 1 aliphatic rings. The van der Waals surface area contributed by atoms with Gasteiger partial charge in [0.2, 0.25) is 5.89 Å². The van der Waals surface area contributed by atoms with E-state index in [9.17, 15) is 13.2 Å². The van der Waals surface area contributed by atoms with Crippen LogP contribution < -0.4 is 10.1 Å². The Bertz CT molecular complexity index is 655. The average Bonchev–Trinajstić information content (AvgIpc) is 3.18. The first-order chi connectivity index (χ1) is 10.9. The highest BCUT2D eigenvalue weighted by Crippen LogP contribution is 2.41. The molecule has 0 radical (unpaired) electrons. The van der Waals surface area contributed by atoms with Gasteiger partial charge >= 0.3 is 6.18 Å². The molecule has 124 valence electrons. The van der Waals surface area contributed by atoms with E-state index < -0.39 is 17.8 Å². The van der Waals surface area contributed by atoms with Crippen molar-refractivity contribution in [2.24, 2.45) is 5.92 Å². The first kappa shape index (κ1) is 16.1. The Hall–Kier alpha value is -1.73. The summed E-state index contributed by atoms with van der Waals surface area (Å²) in [7, 11) is 0. The Morgan fingerprint density at radius 1 is 1.39 bits per heavy atom. The van der Waals surface area contributed by atoms with Crippen LogP contribution in [0.5, 0.6) is 5.75 Å². The smallest absolute Gasteiger partial charge is 0.420 e. The lowest BCUT2D eigenvalue weighted by atomic mass is 10.0. The molecule has 1 saturated heterocycles. The Morgan fingerprint density at radius 3 is 2.83 bits per heavy atom. The Kier molecular flexibility index (Phi) is 4.50. The molecule has 3 rings (SSSR count). The quantitative estimate of drug-likeness (QED) is 0.906. The van der Waals surface area contributed by atoms with Gasteiger partial charge in [-0.3, -0.25) is 0 Å². The van der Waals surface area contributed by atoms with E-state index in [2.05, 4.69) is 10.3 Å². The van der Waals surface area contributed by atoms with E-state index >= 15 is 0 Å². The standard InChI is InChI=1S/C15H14ClF3N2O2/c16-10-1-2-12(11(7-10)15(17,18)19)23-13(9-3-4-20-8-9)14-21-5-6-22-14/h1-2,5-7,9,13,20H,3-4,8H2/t9-,13+/m1/s1. The van der Waals surface area contributed by atoms with Crippen LogP contribution in [0.15, 0.2) is 35.1 Å². The highest BCUT2D eigenvalue weighted by atomic mass is 35.5. The molecule has 4 nitrogen and oxygen atoms in total. The van der Waals surface area contributed by atoms with Crippen molar-refractivity contribution >= 4 is 11.6 Å². The molecule has 0 unspecified atom stereocenters. The summed E-state index contributed by atoms with van der Waals surface area (Å²) in [6.07, 6.45) is -1.67. The van der Waals surface area contributed by atoms with Crippen molar-refractivity contribution < 1.29 is 22.3 Å². The fourth-order valence-electron chi connectivity index (χ4n) is 2.62. The highest BCUT2D eigenvalue weighted by Gasteiger charge is 2.37. The van der Waals surface area contributed by atoms with Gasteiger partial charge in [0.05, 0.1) is 11.8 Å². The van der Waals surface area contributed by atoms with E-state index in [0.717, 1.165) is 19.0 Å². The summed E-state index contributed by atoms with van der Waals surface area (Å²) in [5.41, 5.74) is -0.910. The van der Waals surface area contributed by atoms with E-state index in [1.807, 2.05) is 0 Å². The SMILES string of the molecule is FC(F)(F)c1cc(Cl)ccc1O[C@H](c1ncco1)[C@@H]1CCNC1. The second-order valence-corrected chi connectivity index (χ2v) is 5.74. The van der Waals surface area contributed by atoms with Crippen LogP contribution in [0.3, 0.4) is 0 Å². The first-order valence-corrected chi connectivity index (χ1v) is 7.46. The number of nitrogens with one attached hydrogen (secondary N) is 1. The molecule has 0 spiro atoms. The Morgan fingerprint density at radius 2 is 2.22 bits per heavy atom. The van der Waals surface area contributed by atoms with Crippen LogP contribution in [0.25, 0.3) is 0 Å². The van der Waals surface area contributed by atoms with Crippen molar-refractivity contribution in [3.8, 4) is 5.75 Å². The van der Waals surface area contributed by atoms with Crippen LogP contribution in [-0.2, 0) is 6.18 Å². The summed E-state index contributed by atoms with van der Waals surface area (Å²) in [4.78, 5) is 4.04. The first-order valence-electron chi connectivity index (χ1n) is 7.08. The lowest BCUT2D eigenvalue weighted by Gasteiger charge is -2.23. The fraction of sp³-hybridized carbons (Fsp3) is 0.400. The minimum absolute atomic E-state index is 0.000110. The predicted molar refractivity (Wildman–Crippen MR) is 77.3 cm³/mol. The molecule has 1 aromatic carbocycles. The fourth-order valence-corrected chi connectivity index (χ4v) is 2.79. The van der Waals surface area contributed by atoms with Crippen LogP contribution in [0.4, 0.5) is 13.2 Å². The van der Waals surface area contributed by atoms with E-state index in [1.54, 1.807) is 0 Å². The lowest BCUT2D eigenvalue weighted by molar-refractivity contribution is -0.139. The van der Waals surface area contributed by atoms with Crippen LogP contribution in [-0.4, -0.2) is 18.1 Å². The highest BCUT2D eigenvalue weighted by molar-refractivity contribution is 6.30. The van der Waals surface area contributed by atoms with Crippen molar-refractivity contribution in [1.82, 2.24) is 10.3 Å². The van der Waals surface area contributed by atoms with Gasteiger partial charge in [0.1, 0.15) is 12.0 Å². The van der Waals surface area contributed by atoms with Gasteiger partial charge < -0.3 is 14.5 Å². The zero-order valence-corrected chi connectivity index (χ0v) is 12.7. The van der Waals surface area contributed by atoms with E-state index in [4.69, 9.17) is 20.8 Å². The molecule has 0 saturated carbocycles. The molecule has 0 bridgehead atoms. The second kappa shape index (κ2) is 6.41. The largest absolute Gasteiger partial charge is 0.480 e. The third kappa shape index (κ3) is 3.61. The molecule has 0 aliphatic carbocycles. The third-order valence-corrected chi connectivity index (χ3v) is 3.96. The second-order valence-electron chi connectivity index (χ2n) is 5.30. The predicted octanol–water partition coefficient (Wildman–Crippen LogP) is 4.08. The molecule has 8 heteroatoms. The van der Waals surface area contributed by atoms with Gasteiger partial charge in [0.25, 0.3) is 0 Å². The summed E-state index contributed by atoms with van der Waals surface area (Å²) in [5, 5.41) is 3.16. The van der Waals surface area contributed by atoms with Gasteiger partial charge in [-0.1, -0.05) is 11.6 Å². The van der Waals surface area contributed by atoms with E-state index in [-0.39, 0.29) is 22.6 Å². The summed E-state index contributed by atoms with van der Waals surface area (Å²) in [5.74, 6) is -0.0378. The zero-order valence-electron chi connectivity index (χ0n) is 11.9. The van der Waals surface area contributed by atoms with Gasteiger partial charge in [-0.05, 0) is 31.2 Å². The summed E-state index contributed by atoms with van der Waals surface area (Å²) < 4.78 is 50.6. The maximum Gasteiger partial charge on any atom is 0.420 e. The maximum absolute atomic E-state index is 13.2. The normalized spacial score (nSPS) is 19.7. The molecule has 2 atom stereocenters. The molecule has 2 aromatic rings. The molecule has 0 amide bonds. The topological polar surface area (TPSA) is 47.3 Å². The van der Waals surface area contributed by atoms with Crippen LogP contribution in [0.1, 0.15) is 24.0 Å². The minimum atomic E-state index is -4.56. The Labute approximate surface area is 135 Å². The average molecular weight is 347 g/mol. The molecule has 1 fully saturated rings.